The molecule has 0 aliphatic heterocycles. The first-order chi connectivity index (χ1) is 26.0. The highest BCUT2D eigenvalue weighted by molar-refractivity contribution is 5.87. The number of carbonyl (C=O) groups excluding carboxylic acids is 1. The fourth-order valence-electron chi connectivity index (χ4n) is 11.4. The third kappa shape index (κ3) is 9.51. The van der Waals surface area contributed by atoms with Crippen LogP contribution < -0.4 is 20.9 Å². The van der Waals surface area contributed by atoms with Crippen LogP contribution in [-0.4, -0.2) is 25.3 Å². The number of allylic oxidation sites excluding steroid dienone is 1. The monoisotopic (exact) mass is 739 g/mol. The van der Waals surface area contributed by atoms with Crippen LogP contribution in [0.1, 0.15) is 136 Å². The second-order valence-electron chi connectivity index (χ2n) is 18.4. The zero-order valence-electron chi connectivity index (χ0n) is 34.1. The summed E-state index contributed by atoms with van der Waals surface area (Å²) in [6.07, 6.45) is 24.6. The van der Waals surface area contributed by atoms with Crippen molar-refractivity contribution < 1.29 is 19.0 Å². The molecule has 4 unspecified atom stereocenters. The molecule has 0 heterocycles. The molecule has 2 aromatic carbocycles. The van der Waals surface area contributed by atoms with Gasteiger partial charge >= 0.3 is 5.97 Å². The molecule has 6 rings (SSSR count). The molecule has 6 heteroatoms. The highest BCUT2D eigenvalue weighted by Gasteiger charge is 2.59. The van der Waals surface area contributed by atoms with E-state index in [1.807, 2.05) is 30.3 Å². The highest BCUT2D eigenvalue weighted by atomic mass is 16.5. The summed E-state index contributed by atoms with van der Waals surface area (Å²) < 4.78 is 17.8. The van der Waals surface area contributed by atoms with Gasteiger partial charge in [-0.3, -0.25) is 0 Å². The van der Waals surface area contributed by atoms with Crippen molar-refractivity contribution in [2.45, 2.75) is 137 Å². The van der Waals surface area contributed by atoms with Crippen molar-refractivity contribution in [2.24, 2.45) is 46.3 Å². The number of nitrogens with two attached hydrogens (primary N) is 2. The number of benzene rings is 2. The van der Waals surface area contributed by atoms with Crippen LogP contribution in [0.4, 0.5) is 11.4 Å². The lowest BCUT2D eigenvalue weighted by molar-refractivity contribution is -0.137. The molecule has 4 aliphatic carbocycles. The van der Waals surface area contributed by atoms with Crippen molar-refractivity contribution in [1.82, 2.24) is 0 Å². The maximum Gasteiger partial charge on any atom is 0.330 e. The van der Waals surface area contributed by atoms with Crippen molar-refractivity contribution in [1.29, 1.82) is 0 Å². The Hall–Kier alpha value is -3.41. The molecular formula is C48H70N2O4. The lowest BCUT2D eigenvalue weighted by Gasteiger charge is -2.58. The summed E-state index contributed by atoms with van der Waals surface area (Å²) in [7, 11) is 0. The van der Waals surface area contributed by atoms with E-state index in [1.165, 1.54) is 63.9 Å². The molecule has 6 nitrogen and oxygen atoms in total. The second kappa shape index (κ2) is 18.0. The van der Waals surface area contributed by atoms with Gasteiger partial charge in [-0.2, -0.15) is 0 Å². The highest BCUT2D eigenvalue weighted by Crippen LogP contribution is 2.67. The quantitative estimate of drug-likeness (QED) is 0.0551. The molecule has 296 valence electrons. The number of fused-ring (bicyclic) bond motifs is 5. The van der Waals surface area contributed by atoms with Gasteiger partial charge in [0.25, 0.3) is 0 Å². The Labute approximate surface area is 326 Å². The van der Waals surface area contributed by atoms with E-state index in [0.717, 1.165) is 85.3 Å². The number of unbranched alkanes of at least 4 members (excludes halogenated alkanes) is 3. The third-order valence-electron chi connectivity index (χ3n) is 14.4. The molecule has 4 N–H and O–H groups in total. The van der Waals surface area contributed by atoms with Gasteiger partial charge in [-0.1, -0.05) is 77.7 Å². The Kier molecular flexibility index (Phi) is 13.4. The topological polar surface area (TPSA) is 96.8 Å². The van der Waals surface area contributed by atoms with Gasteiger partial charge in [0, 0.05) is 18.2 Å². The van der Waals surface area contributed by atoms with Crippen molar-refractivity contribution >= 4 is 23.4 Å². The van der Waals surface area contributed by atoms with Gasteiger partial charge in [0.15, 0.2) is 0 Å². The van der Waals surface area contributed by atoms with Crippen LogP contribution in [0.5, 0.6) is 11.5 Å². The first kappa shape index (κ1) is 40.3. The van der Waals surface area contributed by atoms with Gasteiger partial charge in [0.05, 0.1) is 18.9 Å². The number of esters is 1. The molecule has 4 aliphatic rings. The number of anilines is 2. The van der Waals surface area contributed by atoms with Crippen LogP contribution in [0.25, 0.3) is 6.08 Å². The number of hydrogen-bond acceptors (Lipinski definition) is 6. The molecule has 2 aromatic rings. The fraction of sp³-hybridized carbons (Fsp3) is 0.646. The van der Waals surface area contributed by atoms with E-state index in [2.05, 4.69) is 40.7 Å². The molecule has 0 saturated heterocycles. The van der Waals surface area contributed by atoms with Gasteiger partial charge in [-0.25, -0.2) is 4.79 Å². The van der Waals surface area contributed by atoms with Gasteiger partial charge in [-0.15, -0.1) is 0 Å². The van der Waals surface area contributed by atoms with Crippen LogP contribution in [0, 0.1) is 46.3 Å². The Bertz CT molecular complexity index is 1600. The molecule has 3 saturated carbocycles. The summed E-state index contributed by atoms with van der Waals surface area (Å²) in [6.45, 7) is 13.6. The number of carbonyl (C=O) groups is 1. The van der Waals surface area contributed by atoms with Gasteiger partial charge in [0.2, 0.25) is 0 Å². The summed E-state index contributed by atoms with van der Waals surface area (Å²) >= 11 is 0. The largest absolute Gasteiger partial charge is 0.491 e. The van der Waals surface area contributed by atoms with Crippen LogP contribution in [0.2, 0.25) is 0 Å². The fourth-order valence-corrected chi connectivity index (χ4v) is 11.4. The van der Waals surface area contributed by atoms with Crippen molar-refractivity contribution in [3.63, 3.8) is 0 Å². The standard InChI is InChI=1S/C48H70N2O4/c1-33(2)11-10-12-34(3)41-21-22-42-40-20-16-36-31-39(25-27-47(36,4)43(40)26-28-48(41,42)5)54-38-18-13-35(14-19-38)15-24-46(51)53-30-9-7-6-8-29-52-45-23-17-37(49)32-44(45)50/h13-19,23-24,32-34,39-43H,6-12,20-22,25-31,49-50H2,1-5H3/t34-,39?,40?,41-,42?,43?,47+,48-/m1/s1. The van der Waals surface area contributed by atoms with Crippen molar-refractivity contribution in [3.8, 4) is 11.5 Å². The molecule has 0 bridgehead atoms. The molecule has 3 fully saturated rings. The average Bonchev–Trinajstić information content (AvgIpc) is 3.50. The zero-order chi connectivity index (χ0) is 38.3. The van der Waals surface area contributed by atoms with E-state index in [0.29, 0.717) is 41.2 Å². The Balaban J connectivity index is 0.906. The zero-order valence-corrected chi connectivity index (χ0v) is 34.1. The first-order valence-electron chi connectivity index (χ1n) is 21.5. The van der Waals surface area contributed by atoms with E-state index >= 15 is 0 Å². The van der Waals surface area contributed by atoms with Gasteiger partial charge < -0.3 is 25.7 Å². The molecule has 0 aromatic heterocycles. The average molecular weight is 739 g/mol. The molecule has 0 radical (unpaired) electrons. The Morgan fingerprint density at radius 3 is 2.41 bits per heavy atom. The predicted octanol–water partition coefficient (Wildman–Crippen LogP) is 11.8. The van der Waals surface area contributed by atoms with E-state index in [9.17, 15) is 4.79 Å². The minimum absolute atomic E-state index is 0.226. The summed E-state index contributed by atoms with van der Waals surface area (Å²) in [5.41, 5.74) is 16.4. The normalized spacial score (nSPS) is 29.6. The maximum absolute atomic E-state index is 12.3. The minimum Gasteiger partial charge on any atom is -0.491 e. The molecular weight excluding hydrogens is 669 g/mol. The summed E-state index contributed by atoms with van der Waals surface area (Å²) in [4.78, 5) is 12.3. The van der Waals surface area contributed by atoms with Gasteiger partial charge in [-0.05, 0) is 159 Å². The summed E-state index contributed by atoms with van der Waals surface area (Å²) in [5.74, 6) is 6.45. The van der Waals surface area contributed by atoms with E-state index in [4.69, 9.17) is 25.7 Å². The van der Waals surface area contributed by atoms with Crippen LogP contribution >= 0.6 is 0 Å². The van der Waals surface area contributed by atoms with Crippen LogP contribution in [0.15, 0.2) is 60.2 Å². The summed E-state index contributed by atoms with van der Waals surface area (Å²) in [6, 6.07) is 13.4. The third-order valence-corrected chi connectivity index (χ3v) is 14.4. The predicted molar refractivity (Wildman–Crippen MR) is 223 cm³/mol. The Morgan fingerprint density at radius 1 is 0.870 bits per heavy atom. The minimum atomic E-state index is -0.312. The van der Waals surface area contributed by atoms with E-state index < -0.39 is 0 Å². The SMILES string of the molecule is CC(C)CCC[C@@H](C)[C@H]1CCC2C3CC=C4CC(Oc5ccc(C=CC(=O)OCCCCCCOc6ccc(N)cc6N)cc5)CC[C@]4(C)C3CC[C@@]21C. The maximum atomic E-state index is 12.3. The molecule has 8 atom stereocenters. The molecule has 0 spiro atoms. The lowest BCUT2D eigenvalue weighted by atomic mass is 9.47. The lowest BCUT2D eigenvalue weighted by Crippen LogP contribution is -2.51. The van der Waals surface area contributed by atoms with Crippen LogP contribution in [-0.2, 0) is 9.53 Å². The number of ether oxygens (including phenoxy) is 3. The number of hydrogen-bond donors (Lipinski definition) is 2. The van der Waals surface area contributed by atoms with Gasteiger partial charge in [0.1, 0.15) is 17.6 Å². The van der Waals surface area contributed by atoms with Crippen LogP contribution in [0.3, 0.4) is 0 Å². The number of rotatable bonds is 17. The smallest absolute Gasteiger partial charge is 0.330 e. The Morgan fingerprint density at radius 2 is 1.65 bits per heavy atom. The van der Waals surface area contributed by atoms with Crippen molar-refractivity contribution in [2.75, 3.05) is 24.7 Å². The van der Waals surface area contributed by atoms with E-state index in [-0.39, 0.29) is 12.1 Å². The second-order valence-corrected chi connectivity index (χ2v) is 18.4. The van der Waals surface area contributed by atoms with Crippen molar-refractivity contribution in [3.05, 3.63) is 65.8 Å². The molecule has 0 amide bonds. The summed E-state index contributed by atoms with van der Waals surface area (Å²) in [5, 5.41) is 0. The molecule has 54 heavy (non-hydrogen) atoms. The number of nitrogen functional groups attached to an aromatic ring is 2. The van der Waals surface area contributed by atoms with E-state index in [1.54, 1.807) is 23.8 Å². The first-order valence-corrected chi connectivity index (χ1v) is 21.5.